The highest BCUT2D eigenvalue weighted by atomic mass is 35.5. The first-order valence-corrected chi connectivity index (χ1v) is 9.63. The van der Waals surface area contributed by atoms with E-state index in [4.69, 9.17) is 17.3 Å². The second-order valence-electron chi connectivity index (χ2n) is 6.10. The topological polar surface area (TPSA) is 55.1 Å². The molecule has 0 radical (unpaired) electrons. The number of rotatable bonds is 7. The van der Waals surface area contributed by atoms with E-state index in [-0.39, 0.29) is 11.3 Å². The molecule has 0 bridgehead atoms. The van der Waals surface area contributed by atoms with Gasteiger partial charge in [-0.1, -0.05) is 36.6 Å². The Morgan fingerprint density at radius 2 is 2.18 bits per heavy atom. The lowest BCUT2D eigenvalue weighted by atomic mass is 9.78. The predicted molar refractivity (Wildman–Crippen MR) is 95.6 cm³/mol. The van der Waals surface area contributed by atoms with Gasteiger partial charge >= 0.3 is 0 Å². The van der Waals surface area contributed by atoms with Crippen molar-refractivity contribution in [3.63, 3.8) is 0 Å². The number of thioether (sulfide) groups is 1. The standard InChI is InChI=1S/C17H25ClN2OS/c1-22-10-7-15(19)16(21)20-12-17(8-2-3-9-17)13-5-4-6-14(18)11-13/h4-6,11,15H,2-3,7-10,12,19H2,1H3,(H,20,21)/t15-/m0/s1. The molecule has 1 aromatic rings. The number of carbonyl (C=O) groups excluding carboxylic acids is 1. The first-order valence-electron chi connectivity index (χ1n) is 7.86. The van der Waals surface area contributed by atoms with E-state index in [2.05, 4.69) is 11.4 Å². The van der Waals surface area contributed by atoms with Crippen LogP contribution in [0.3, 0.4) is 0 Å². The maximum atomic E-state index is 12.2. The van der Waals surface area contributed by atoms with E-state index in [9.17, 15) is 4.79 Å². The number of hydrogen-bond donors (Lipinski definition) is 2. The Morgan fingerprint density at radius 1 is 1.45 bits per heavy atom. The molecule has 22 heavy (non-hydrogen) atoms. The second kappa shape index (κ2) is 8.23. The van der Waals surface area contributed by atoms with Gasteiger partial charge in [0.05, 0.1) is 6.04 Å². The van der Waals surface area contributed by atoms with Crippen LogP contribution in [0.15, 0.2) is 24.3 Å². The molecule has 3 nitrogen and oxygen atoms in total. The fourth-order valence-electron chi connectivity index (χ4n) is 3.20. The van der Waals surface area contributed by atoms with E-state index in [1.54, 1.807) is 11.8 Å². The third-order valence-corrected chi connectivity index (χ3v) is 5.45. The van der Waals surface area contributed by atoms with E-state index in [0.29, 0.717) is 6.54 Å². The summed E-state index contributed by atoms with van der Waals surface area (Å²) >= 11 is 7.86. The van der Waals surface area contributed by atoms with Gasteiger partial charge < -0.3 is 11.1 Å². The largest absolute Gasteiger partial charge is 0.354 e. The molecule has 1 aromatic carbocycles. The molecule has 1 aliphatic carbocycles. The van der Waals surface area contributed by atoms with Gasteiger partial charge in [-0.15, -0.1) is 0 Å². The van der Waals surface area contributed by atoms with E-state index in [1.807, 2.05) is 24.5 Å². The van der Waals surface area contributed by atoms with Crippen molar-refractivity contribution in [1.29, 1.82) is 0 Å². The van der Waals surface area contributed by atoms with Crippen molar-refractivity contribution in [3.8, 4) is 0 Å². The monoisotopic (exact) mass is 340 g/mol. The molecule has 0 spiro atoms. The van der Waals surface area contributed by atoms with Crippen molar-refractivity contribution in [2.75, 3.05) is 18.6 Å². The second-order valence-corrected chi connectivity index (χ2v) is 7.53. The summed E-state index contributed by atoms with van der Waals surface area (Å²) in [5, 5.41) is 3.83. The summed E-state index contributed by atoms with van der Waals surface area (Å²) < 4.78 is 0. The normalized spacial score (nSPS) is 18.1. The van der Waals surface area contributed by atoms with Gasteiger partial charge in [-0.05, 0) is 49.0 Å². The van der Waals surface area contributed by atoms with Crippen LogP contribution in [0.4, 0.5) is 0 Å². The molecular formula is C17H25ClN2OS. The van der Waals surface area contributed by atoms with Gasteiger partial charge in [0.25, 0.3) is 0 Å². The lowest BCUT2D eigenvalue weighted by Crippen LogP contribution is -2.46. The lowest BCUT2D eigenvalue weighted by molar-refractivity contribution is -0.122. The highest BCUT2D eigenvalue weighted by Gasteiger charge is 2.36. The van der Waals surface area contributed by atoms with E-state index < -0.39 is 6.04 Å². The Hall–Kier alpha value is -0.710. The van der Waals surface area contributed by atoms with Crippen LogP contribution >= 0.6 is 23.4 Å². The van der Waals surface area contributed by atoms with Crippen LogP contribution in [0, 0.1) is 0 Å². The van der Waals surface area contributed by atoms with Gasteiger partial charge in [-0.2, -0.15) is 11.8 Å². The van der Waals surface area contributed by atoms with Crippen molar-refractivity contribution in [1.82, 2.24) is 5.32 Å². The Bertz CT molecular complexity index is 503. The van der Waals surface area contributed by atoms with E-state index in [1.165, 1.54) is 18.4 Å². The van der Waals surface area contributed by atoms with Gasteiger partial charge in [0, 0.05) is 17.0 Å². The van der Waals surface area contributed by atoms with Crippen LogP contribution in [0.25, 0.3) is 0 Å². The number of benzene rings is 1. The third kappa shape index (κ3) is 4.40. The summed E-state index contributed by atoms with van der Waals surface area (Å²) in [6, 6.07) is 7.63. The number of carbonyl (C=O) groups is 1. The van der Waals surface area contributed by atoms with E-state index in [0.717, 1.165) is 30.0 Å². The molecule has 122 valence electrons. The van der Waals surface area contributed by atoms with Crippen LogP contribution < -0.4 is 11.1 Å². The Morgan fingerprint density at radius 3 is 2.82 bits per heavy atom. The molecule has 3 N–H and O–H groups in total. The van der Waals surface area contributed by atoms with Crippen LogP contribution in [-0.2, 0) is 10.2 Å². The van der Waals surface area contributed by atoms with Crippen molar-refractivity contribution in [2.45, 2.75) is 43.6 Å². The summed E-state index contributed by atoms with van der Waals surface area (Å²) in [5.41, 5.74) is 7.19. The molecule has 0 saturated heterocycles. The van der Waals surface area contributed by atoms with E-state index >= 15 is 0 Å². The summed E-state index contributed by atoms with van der Waals surface area (Å²) in [6.45, 7) is 0.652. The molecular weight excluding hydrogens is 316 g/mol. The predicted octanol–water partition coefficient (Wildman–Crippen LogP) is 3.35. The highest BCUT2D eigenvalue weighted by molar-refractivity contribution is 7.98. The van der Waals surface area contributed by atoms with Crippen LogP contribution in [-0.4, -0.2) is 30.5 Å². The Kier molecular flexibility index (Phi) is 6.60. The molecule has 1 saturated carbocycles. The molecule has 5 heteroatoms. The van der Waals surface area contributed by atoms with Crippen LogP contribution in [0.2, 0.25) is 5.02 Å². The van der Waals surface area contributed by atoms with Crippen molar-refractivity contribution >= 4 is 29.3 Å². The summed E-state index contributed by atoms with van der Waals surface area (Å²) in [6.07, 6.45) is 7.32. The molecule has 1 fully saturated rings. The zero-order valence-electron chi connectivity index (χ0n) is 13.1. The van der Waals surface area contributed by atoms with Crippen molar-refractivity contribution in [3.05, 3.63) is 34.9 Å². The fourth-order valence-corrected chi connectivity index (χ4v) is 3.88. The van der Waals surface area contributed by atoms with Gasteiger partial charge in [-0.25, -0.2) is 0 Å². The number of hydrogen-bond acceptors (Lipinski definition) is 3. The maximum absolute atomic E-state index is 12.2. The molecule has 0 aromatic heterocycles. The fraction of sp³-hybridized carbons (Fsp3) is 0.588. The van der Waals surface area contributed by atoms with Gasteiger partial charge in [0.2, 0.25) is 5.91 Å². The van der Waals surface area contributed by atoms with Crippen molar-refractivity contribution < 1.29 is 4.79 Å². The smallest absolute Gasteiger partial charge is 0.236 e. The average Bonchev–Trinajstić information content (AvgIpc) is 3.00. The quantitative estimate of drug-likeness (QED) is 0.800. The van der Waals surface area contributed by atoms with Crippen molar-refractivity contribution in [2.24, 2.45) is 5.73 Å². The first kappa shape index (κ1) is 17.6. The Labute approximate surface area is 142 Å². The number of nitrogens with one attached hydrogen (secondary N) is 1. The average molecular weight is 341 g/mol. The minimum Gasteiger partial charge on any atom is -0.354 e. The van der Waals surface area contributed by atoms with Gasteiger partial charge in [-0.3, -0.25) is 4.79 Å². The molecule has 1 atom stereocenters. The maximum Gasteiger partial charge on any atom is 0.236 e. The minimum atomic E-state index is -0.412. The molecule has 0 aliphatic heterocycles. The molecule has 1 amide bonds. The number of nitrogens with two attached hydrogens (primary N) is 1. The summed E-state index contributed by atoms with van der Waals surface area (Å²) in [5.74, 6) is 0.871. The van der Waals surface area contributed by atoms with Crippen LogP contribution in [0.1, 0.15) is 37.7 Å². The highest BCUT2D eigenvalue weighted by Crippen LogP contribution is 2.41. The summed E-state index contributed by atoms with van der Waals surface area (Å²) in [7, 11) is 0. The molecule has 2 rings (SSSR count). The third-order valence-electron chi connectivity index (χ3n) is 4.57. The summed E-state index contributed by atoms with van der Waals surface area (Å²) in [4.78, 5) is 12.2. The molecule has 0 heterocycles. The number of amides is 1. The van der Waals surface area contributed by atoms with Crippen LogP contribution in [0.5, 0.6) is 0 Å². The van der Waals surface area contributed by atoms with Gasteiger partial charge in [0.1, 0.15) is 0 Å². The minimum absolute atomic E-state index is 0.0137. The molecule has 1 aliphatic rings. The zero-order valence-corrected chi connectivity index (χ0v) is 14.7. The number of halogens is 1. The lowest BCUT2D eigenvalue weighted by Gasteiger charge is -2.30. The SMILES string of the molecule is CSCC[C@H](N)C(=O)NCC1(c2cccc(Cl)c2)CCCC1. The molecule has 0 unspecified atom stereocenters. The zero-order chi connectivity index (χ0) is 16.0. The Balaban J connectivity index is 2.02. The first-order chi connectivity index (χ1) is 10.6. The van der Waals surface area contributed by atoms with Gasteiger partial charge in [0.15, 0.2) is 0 Å².